The molecule has 0 bridgehead atoms. The molecular formula is C47H35N11. The zero-order valence-corrected chi connectivity index (χ0v) is 32.7. The maximum absolute atomic E-state index is 8.55. The van der Waals surface area contributed by atoms with E-state index in [1.54, 1.807) is 0 Å². The Labute approximate surface area is 333 Å². The fourth-order valence-electron chi connectivity index (χ4n) is 8.27. The number of benzene rings is 5. The third-order valence-corrected chi connectivity index (χ3v) is 10.5. The van der Waals surface area contributed by atoms with Crippen LogP contribution in [-0.2, 0) is 0 Å². The third-order valence-electron chi connectivity index (χ3n) is 10.5. The van der Waals surface area contributed by atoms with Crippen LogP contribution >= 0.6 is 0 Å². The molecule has 0 N–H and O–H groups in total. The first-order valence-corrected chi connectivity index (χ1v) is 19.0. The maximum Gasteiger partial charge on any atom is 0.200 e. The Kier molecular flexibility index (Phi) is 7.91. The zero-order valence-electron chi connectivity index (χ0n) is 32.7. The molecule has 5 aromatic heterocycles. The van der Waals surface area contributed by atoms with Gasteiger partial charge in [0.15, 0.2) is 17.3 Å². The fourth-order valence-corrected chi connectivity index (χ4v) is 8.27. The lowest BCUT2D eigenvalue weighted by Gasteiger charge is -2.20. The van der Waals surface area contributed by atoms with Crippen LogP contribution in [0.4, 0.5) is 5.69 Å². The Morgan fingerprint density at radius 3 is 1.31 bits per heavy atom. The van der Waals surface area contributed by atoms with Crippen molar-refractivity contribution in [3.63, 3.8) is 0 Å². The van der Waals surface area contributed by atoms with E-state index in [-0.39, 0.29) is 0 Å². The van der Waals surface area contributed by atoms with E-state index in [4.69, 9.17) is 36.5 Å². The normalized spacial score (nSPS) is 11.6. The van der Waals surface area contributed by atoms with Gasteiger partial charge in [-0.25, -0.2) is 44.7 Å². The van der Waals surface area contributed by atoms with Crippen molar-refractivity contribution in [2.75, 3.05) is 0 Å². The van der Waals surface area contributed by atoms with Crippen LogP contribution in [0.1, 0.15) is 34.7 Å². The van der Waals surface area contributed by atoms with Gasteiger partial charge in [0.2, 0.25) is 0 Å². The minimum atomic E-state index is 0.437. The highest BCUT2D eigenvalue weighted by molar-refractivity contribution is 6.12. The average molecular weight is 754 g/mol. The number of aryl methyl sites for hydroxylation is 6. The lowest BCUT2D eigenvalue weighted by Crippen LogP contribution is -2.05. The molecule has 11 nitrogen and oxygen atoms in total. The number of hydrogen-bond donors (Lipinski definition) is 0. The molecule has 5 aromatic carbocycles. The quantitative estimate of drug-likeness (QED) is 0.159. The molecule has 5 heterocycles. The summed E-state index contributed by atoms with van der Waals surface area (Å²) in [4.78, 5) is 41.6. The predicted molar refractivity (Wildman–Crippen MR) is 228 cm³/mol. The molecule has 0 saturated heterocycles. The molecule has 0 amide bonds. The number of hydrogen-bond acceptors (Lipinski definition) is 8. The number of para-hydroxylation sites is 2. The molecule has 0 radical (unpaired) electrons. The molecule has 58 heavy (non-hydrogen) atoms. The Morgan fingerprint density at radius 1 is 0.414 bits per heavy atom. The van der Waals surface area contributed by atoms with Gasteiger partial charge in [-0.15, -0.1) is 0 Å². The fraction of sp³-hybridized carbons (Fsp3) is 0.128. The van der Waals surface area contributed by atoms with Gasteiger partial charge in [0.25, 0.3) is 0 Å². The van der Waals surface area contributed by atoms with Gasteiger partial charge in [-0.3, -0.25) is 0 Å². The molecule has 278 valence electrons. The highest BCUT2D eigenvalue weighted by Gasteiger charge is 2.24. The van der Waals surface area contributed by atoms with E-state index in [0.29, 0.717) is 52.0 Å². The molecule has 11 heteroatoms. The van der Waals surface area contributed by atoms with Crippen LogP contribution in [0.15, 0.2) is 103 Å². The first-order chi connectivity index (χ1) is 28.1. The first kappa shape index (κ1) is 34.8. The molecule has 0 atom stereocenters. The second-order valence-corrected chi connectivity index (χ2v) is 14.6. The zero-order chi connectivity index (χ0) is 39.8. The minimum Gasteiger partial charge on any atom is -0.308 e. The van der Waals surface area contributed by atoms with E-state index in [1.807, 2.05) is 53.7 Å². The largest absolute Gasteiger partial charge is 0.308 e. The van der Waals surface area contributed by atoms with Gasteiger partial charge in [0, 0.05) is 49.6 Å². The van der Waals surface area contributed by atoms with Crippen molar-refractivity contribution in [1.82, 2.24) is 49.0 Å². The van der Waals surface area contributed by atoms with E-state index < -0.39 is 0 Å². The molecule has 0 aliphatic carbocycles. The van der Waals surface area contributed by atoms with Crippen molar-refractivity contribution in [1.29, 1.82) is 0 Å². The van der Waals surface area contributed by atoms with Crippen molar-refractivity contribution < 1.29 is 0 Å². The molecule has 0 spiro atoms. The second-order valence-electron chi connectivity index (χ2n) is 14.6. The Bertz CT molecular complexity index is 3330. The van der Waals surface area contributed by atoms with Crippen molar-refractivity contribution in [2.24, 2.45) is 0 Å². The molecular weight excluding hydrogens is 719 g/mol. The van der Waals surface area contributed by atoms with Gasteiger partial charge >= 0.3 is 0 Å². The highest BCUT2D eigenvalue weighted by atomic mass is 15.1. The monoisotopic (exact) mass is 753 g/mol. The van der Waals surface area contributed by atoms with Crippen LogP contribution in [0, 0.1) is 48.1 Å². The Morgan fingerprint density at radius 2 is 0.845 bits per heavy atom. The maximum atomic E-state index is 8.55. The summed E-state index contributed by atoms with van der Waals surface area (Å²) in [6.45, 7) is 20.0. The summed E-state index contributed by atoms with van der Waals surface area (Å²) in [7, 11) is 0. The smallest absolute Gasteiger partial charge is 0.200 e. The van der Waals surface area contributed by atoms with Crippen molar-refractivity contribution in [3.05, 3.63) is 149 Å². The van der Waals surface area contributed by atoms with Crippen molar-refractivity contribution in [3.8, 4) is 45.5 Å². The summed E-state index contributed by atoms with van der Waals surface area (Å²) in [5.41, 5.74) is 10.0. The summed E-state index contributed by atoms with van der Waals surface area (Å²) < 4.78 is 4.54. The van der Waals surface area contributed by atoms with Crippen LogP contribution < -0.4 is 0 Å². The summed E-state index contributed by atoms with van der Waals surface area (Å²) in [5.74, 6) is 4.34. The SMILES string of the molecule is [C-]#[N+]c1cc(-n2c3ccccc3c3ccc(-c4nc(C)nc(C)n4)cc32)c(-n2c3ccccc3c3ccc(-c4nc(C)nc(C)n4)cc32)cc1-c1nc(C)cc(C)n1. The van der Waals surface area contributed by atoms with Crippen LogP contribution in [-0.4, -0.2) is 49.0 Å². The van der Waals surface area contributed by atoms with Gasteiger partial charge < -0.3 is 9.13 Å². The number of aromatic nitrogens is 10. The lowest BCUT2D eigenvalue weighted by atomic mass is 10.1. The van der Waals surface area contributed by atoms with Gasteiger partial charge in [-0.1, -0.05) is 60.7 Å². The molecule has 0 saturated carbocycles. The average Bonchev–Trinajstić information content (AvgIpc) is 3.71. The van der Waals surface area contributed by atoms with Gasteiger partial charge in [-0.2, -0.15) is 0 Å². The van der Waals surface area contributed by atoms with Crippen molar-refractivity contribution >= 4 is 49.3 Å². The van der Waals surface area contributed by atoms with Crippen molar-refractivity contribution in [2.45, 2.75) is 41.5 Å². The Hall–Kier alpha value is -7.71. The molecule has 0 aliphatic heterocycles. The molecule has 10 aromatic rings. The number of nitrogens with zero attached hydrogens (tertiary/aromatic N) is 11. The summed E-state index contributed by atoms with van der Waals surface area (Å²) in [6, 6.07) is 35.5. The molecule has 10 rings (SSSR count). The number of fused-ring (bicyclic) bond motifs is 6. The molecule has 0 fully saturated rings. The lowest BCUT2D eigenvalue weighted by molar-refractivity contribution is 0.928. The number of rotatable bonds is 5. The van der Waals surface area contributed by atoms with Crippen LogP contribution in [0.25, 0.3) is 94.0 Å². The highest BCUT2D eigenvalue weighted by Crippen LogP contribution is 2.43. The van der Waals surface area contributed by atoms with E-state index in [1.165, 1.54) is 0 Å². The molecule has 0 aliphatic rings. The summed E-state index contributed by atoms with van der Waals surface area (Å²) in [5, 5.41) is 4.29. The standard InChI is InChI=1S/C47H35N11/c1-25-20-26(2)50-47(49-25)37-23-43(57-39-14-10-8-12-33(39)35-18-16-31(21-41(35)57)45-53-27(3)51-28(4)54-45)44(24-38(37)48-7)58-40-15-11-9-13-34(40)36-19-17-32(22-42(36)58)46-55-29(5)52-30(6)56-46/h8-24H,1-6H3. The van der Waals surface area contributed by atoms with E-state index in [9.17, 15) is 0 Å². The van der Waals surface area contributed by atoms with Crippen LogP contribution in [0.2, 0.25) is 0 Å². The third kappa shape index (κ3) is 5.65. The summed E-state index contributed by atoms with van der Waals surface area (Å²) in [6.07, 6.45) is 0. The van der Waals surface area contributed by atoms with E-state index in [2.05, 4.69) is 115 Å². The van der Waals surface area contributed by atoms with Gasteiger partial charge in [-0.05, 0) is 84.0 Å². The molecule has 0 unspecified atom stereocenters. The van der Waals surface area contributed by atoms with Gasteiger partial charge in [0.1, 0.15) is 29.1 Å². The van der Waals surface area contributed by atoms with Crippen LogP contribution in [0.3, 0.4) is 0 Å². The topological polar surface area (TPSA) is 117 Å². The van der Waals surface area contributed by atoms with E-state index in [0.717, 1.165) is 77.5 Å². The second kappa shape index (κ2) is 13.2. The summed E-state index contributed by atoms with van der Waals surface area (Å²) >= 11 is 0. The Balaban J connectivity index is 1.36. The predicted octanol–water partition coefficient (Wildman–Crippen LogP) is 10.4. The minimum absolute atomic E-state index is 0.437. The van der Waals surface area contributed by atoms with Crippen LogP contribution in [0.5, 0.6) is 0 Å². The van der Waals surface area contributed by atoms with Gasteiger partial charge in [0.05, 0.1) is 40.0 Å². The first-order valence-electron chi connectivity index (χ1n) is 19.0. The van der Waals surface area contributed by atoms with E-state index >= 15 is 0 Å².